The molecule has 5 aromatic rings. The third-order valence-corrected chi connectivity index (χ3v) is 11.4. The summed E-state index contributed by atoms with van der Waals surface area (Å²) >= 11 is 0. The molecule has 0 fully saturated rings. The van der Waals surface area contributed by atoms with Gasteiger partial charge in [-0.15, -0.1) is 0 Å². The van der Waals surface area contributed by atoms with Crippen molar-refractivity contribution in [2.45, 2.75) is 31.8 Å². The van der Waals surface area contributed by atoms with Crippen LogP contribution in [0.1, 0.15) is 37.5 Å². The Kier molecular flexibility index (Phi) is 9.25. The monoisotopic (exact) mass is 604 g/mol. The van der Waals surface area contributed by atoms with Crippen molar-refractivity contribution in [2.75, 3.05) is 20.8 Å². The van der Waals surface area contributed by atoms with E-state index in [1.165, 1.54) is 0 Å². The molecule has 5 nitrogen and oxygen atoms in total. The second-order valence-electron chi connectivity index (χ2n) is 11.7. The zero-order valence-corrected chi connectivity index (χ0v) is 27.0. The second kappa shape index (κ2) is 13.1. The van der Waals surface area contributed by atoms with E-state index in [1.54, 1.807) is 14.2 Å². The number of hydrogen-bond acceptors (Lipinski definition) is 5. The van der Waals surface area contributed by atoms with Gasteiger partial charge in [-0.2, -0.15) is 0 Å². The highest BCUT2D eigenvalue weighted by Crippen LogP contribution is 2.41. The Morgan fingerprint density at radius 3 is 1.20 bits per heavy atom. The Hall–Kier alpha value is -4.36. The van der Waals surface area contributed by atoms with Crippen LogP contribution in [0, 0.1) is 0 Å². The summed E-state index contributed by atoms with van der Waals surface area (Å²) < 4.78 is 24.8. The average molecular weight is 605 g/mol. The van der Waals surface area contributed by atoms with Gasteiger partial charge in [-0.1, -0.05) is 97.1 Å². The number of aliphatic hydroxyl groups is 1. The molecule has 0 aliphatic heterocycles. The molecule has 0 radical (unpaired) electrons. The summed E-state index contributed by atoms with van der Waals surface area (Å²) in [7, 11) is 0.0722. The summed E-state index contributed by atoms with van der Waals surface area (Å²) in [6, 6.07) is 44.2. The Morgan fingerprint density at radius 2 is 0.886 bits per heavy atom. The zero-order chi connectivity index (χ0) is 31.2. The summed E-state index contributed by atoms with van der Waals surface area (Å²) in [4.78, 5) is 0. The molecule has 0 saturated carbocycles. The van der Waals surface area contributed by atoms with Crippen molar-refractivity contribution in [3.63, 3.8) is 0 Å². The molecule has 0 saturated heterocycles. The van der Waals surface area contributed by atoms with Gasteiger partial charge in [-0.05, 0) is 73.9 Å². The number of rotatable bonds is 11. The van der Waals surface area contributed by atoms with Crippen LogP contribution >= 0.6 is 0 Å². The normalized spacial score (nSPS) is 12.0. The molecule has 1 N–H and O–H groups in total. The molecule has 226 valence electrons. The predicted molar refractivity (Wildman–Crippen MR) is 179 cm³/mol. The van der Waals surface area contributed by atoms with Gasteiger partial charge in [0.05, 0.1) is 31.8 Å². The van der Waals surface area contributed by atoms with Crippen molar-refractivity contribution in [3.8, 4) is 17.2 Å². The van der Waals surface area contributed by atoms with E-state index in [9.17, 15) is 5.11 Å². The number of methoxy groups -OCH3 is 2. The molecule has 0 aromatic heterocycles. The summed E-state index contributed by atoms with van der Waals surface area (Å²) in [6.07, 6.45) is 0. The van der Waals surface area contributed by atoms with Crippen LogP contribution in [0.5, 0.6) is 17.2 Å². The minimum Gasteiger partial charge on any atom is -0.514 e. The van der Waals surface area contributed by atoms with Crippen LogP contribution in [0.25, 0.3) is 0 Å². The SMILES string of the molecule is COc1ccc(C(CO)(c2ccc(OC)cc2)c2ccc(O[Si](OC(C)(C)C)(c3ccccc3)c3ccccc3)cc2)cc1. The van der Waals surface area contributed by atoms with Gasteiger partial charge >= 0.3 is 8.56 Å². The van der Waals surface area contributed by atoms with Crippen LogP contribution in [0.2, 0.25) is 0 Å². The van der Waals surface area contributed by atoms with Gasteiger partial charge in [-0.3, -0.25) is 0 Å². The topological polar surface area (TPSA) is 57.2 Å². The lowest BCUT2D eigenvalue weighted by Crippen LogP contribution is -2.68. The van der Waals surface area contributed by atoms with E-state index in [4.69, 9.17) is 18.3 Å². The number of aliphatic hydroxyl groups excluding tert-OH is 1. The van der Waals surface area contributed by atoms with E-state index in [0.29, 0.717) is 5.75 Å². The van der Waals surface area contributed by atoms with Crippen molar-refractivity contribution < 1.29 is 23.4 Å². The number of hydrogen-bond donors (Lipinski definition) is 1. The maximum absolute atomic E-state index is 11.2. The van der Waals surface area contributed by atoms with E-state index in [2.05, 4.69) is 45.0 Å². The molecule has 5 rings (SSSR count). The Morgan fingerprint density at radius 1 is 0.523 bits per heavy atom. The van der Waals surface area contributed by atoms with Gasteiger partial charge in [0.15, 0.2) is 0 Å². The molecule has 0 amide bonds. The molecular weight excluding hydrogens is 564 g/mol. The van der Waals surface area contributed by atoms with Gasteiger partial charge in [0.25, 0.3) is 0 Å². The van der Waals surface area contributed by atoms with E-state index >= 15 is 0 Å². The van der Waals surface area contributed by atoms with E-state index < -0.39 is 19.6 Å². The highest BCUT2D eigenvalue weighted by atomic mass is 28.4. The van der Waals surface area contributed by atoms with E-state index in [1.807, 2.05) is 109 Å². The summed E-state index contributed by atoms with van der Waals surface area (Å²) in [5.41, 5.74) is 1.49. The molecule has 0 spiro atoms. The minimum atomic E-state index is -3.22. The highest BCUT2D eigenvalue weighted by molar-refractivity contribution is 6.93. The number of benzene rings is 5. The third-order valence-electron chi connectivity index (χ3n) is 7.77. The standard InChI is InChI=1S/C38H40O5Si/c1-37(2,3)43-44(35-12-8-6-9-13-35,36-14-10-7-11-15-36)42-34-26-20-31(21-27-34)38(28-39,29-16-22-32(40-4)23-17-29)30-18-24-33(41-5)25-19-30/h6-27,39H,28H2,1-5H3. The van der Waals surface area contributed by atoms with E-state index in [0.717, 1.165) is 38.6 Å². The molecule has 6 heteroatoms. The van der Waals surface area contributed by atoms with Crippen LogP contribution < -0.4 is 24.3 Å². The second-order valence-corrected chi connectivity index (χ2v) is 14.5. The molecule has 0 aliphatic rings. The first-order valence-corrected chi connectivity index (χ1v) is 16.6. The van der Waals surface area contributed by atoms with Crippen LogP contribution in [-0.2, 0) is 9.84 Å². The number of ether oxygens (including phenoxy) is 2. The fourth-order valence-corrected chi connectivity index (χ4v) is 9.11. The first kappa shape index (κ1) is 31.1. The van der Waals surface area contributed by atoms with E-state index in [-0.39, 0.29) is 6.61 Å². The summed E-state index contributed by atoms with van der Waals surface area (Å²) in [5, 5.41) is 13.2. The van der Waals surface area contributed by atoms with Gasteiger partial charge in [0.1, 0.15) is 17.2 Å². The molecule has 0 unspecified atom stereocenters. The fraction of sp³-hybridized carbons (Fsp3) is 0.211. The van der Waals surface area contributed by atoms with Crippen molar-refractivity contribution in [3.05, 3.63) is 150 Å². The lowest BCUT2D eigenvalue weighted by atomic mass is 9.70. The van der Waals surface area contributed by atoms with Gasteiger partial charge in [0, 0.05) is 10.4 Å². The van der Waals surface area contributed by atoms with Gasteiger partial charge in [-0.25, -0.2) is 0 Å². The van der Waals surface area contributed by atoms with Crippen molar-refractivity contribution in [2.24, 2.45) is 0 Å². The molecule has 0 heterocycles. The first-order chi connectivity index (χ1) is 21.2. The smallest absolute Gasteiger partial charge is 0.469 e. The lowest BCUT2D eigenvalue weighted by molar-refractivity contribution is 0.101. The molecule has 5 aromatic carbocycles. The molecule has 0 aliphatic carbocycles. The largest absolute Gasteiger partial charge is 0.514 e. The Bertz CT molecular complexity index is 1530. The van der Waals surface area contributed by atoms with Crippen LogP contribution in [-0.4, -0.2) is 40.1 Å². The molecule has 0 atom stereocenters. The Balaban J connectivity index is 1.63. The van der Waals surface area contributed by atoms with Crippen molar-refractivity contribution in [1.82, 2.24) is 0 Å². The lowest BCUT2D eigenvalue weighted by Gasteiger charge is -2.38. The Labute approximate surface area is 261 Å². The van der Waals surface area contributed by atoms with Crippen molar-refractivity contribution in [1.29, 1.82) is 0 Å². The van der Waals surface area contributed by atoms with Crippen LogP contribution in [0.4, 0.5) is 0 Å². The highest BCUT2D eigenvalue weighted by Gasteiger charge is 2.48. The molecule has 0 bridgehead atoms. The van der Waals surface area contributed by atoms with Crippen LogP contribution in [0.15, 0.2) is 133 Å². The summed E-state index contributed by atoms with van der Waals surface area (Å²) in [5.74, 6) is 2.19. The molecular formula is C38H40O5Si. The van der Waals surface area contributed by atoms with Gasteiger partial charge in [0.2, 0.25) is 0 Å². The zero-order valence-electron chi connectivity index (χ0n) is 26.0. The predicted octanol–water partition coefficient (Wildman–Crippen LogP) is 6.48. The fourth-order valence-electron chi connectivity index (χ4n) is 5.67. The maximum atomic E-state index is 11.2. The average Bonchev–Trinajstić information content (AvgIpc) is 3.06. The first-order valence-electron chi connectivity index (χ1n) is 14.7. The quantitative estimate of drug-likeness (QED) is 0.138. The maximum Gasteiger partial charge on any atom is 0.469 e. The molecule has 44 heavy (non-hydrogen) atoms. The summed E-state index contributed by atoms with van der Waals surface area (Å²) in [6.45, 7) is 6.04. The van der Waals surface area contributed by atoms with Gasteiger partial charge < -0.3 is 23.4 Å². The van der Waals surface area contributed by atoms with Crippen molar-refractivity contribution >= 4 is 18.9 Å². The van der Waals surface area contributed by atoms with Crippen LogP contribution in [0.3, 0.4) is 0 Å². The minimum absolute atomic E-state index is 0.147. The third kappa shape index (κ3) is 6.29.